The van der Waals surface area contributed by atoms with Gasteiger partial charge in [-0.05, 0) is 63.6 Å². The fourth-order valence-corrected chi connectivity index (χ4v) is 3.49. The largest absolute Gasteiger partial charge is 0.465 e. The molecule has 0 fully saturated rings. The minimum Gasteiger partial charge on any atom is -0.465 e. The highest BCUT2D eigenvalue weighted by Crippen LogP contribution is 2.35. The van der Waals surface area contributed by atoms with E-state index >= 15 is 0 Å². The van der Waals surface area contributed by atoms with E-state index in [4.69, 9.17) is 17.0 Å². The number of rotatable bonds is 11. The molecule has 0 saturated heterocycles. The summed E-state index contributed by atoms with van der Waals surface area (Å²) < 4.78 is 7.96. The lowest BCUT2D eigenvalue weighted by atomic mass is 9.73. The molecule has 1 N–H and O–H groups in total. The number of esters is 1. The Kier molecular flexibility index (Phi) is 9.43. The molecular weight excluding hydrogens is 360 g/mol. The number of aryl methyl sites for hydroxylation is 2. The number of nitrogens with zero attached hydrogens (tertiary/aromatic N) is 1. The van der Waals surface area contributed by atoms with Crippen molar-refractivity contribution >= 4 is 18.2 Å². The van der Waals surface area contributed by atoms with Crippen LogP contribution in [0.2, 0.25) is 0 Å². The van der Waals surface area contributed by atoms with Gasteiger partial charge < -0.3 is 9.30 Å². The number of aromatic nitrogens is 2. The van der Waals surface area contributed by atoms with Gasteiger partial charge >= 0.3 is 5.97 Å². The van der Waals surface area contributed by atoms with Crippen LogP contribution in [0, 0.1) is 28.9 Å². The fourth-order valence-electron chi connectivity index (χ4n) is 3.25. The molecule has 6 heteroatoms. The van der Waals surface area contributed by atoms with Crippen molar-refractivity contribution in [3.63, 3.8) is 0 Å². The molecule has 0 aromatic carbocycles. The van der Waals surface area contributed by atoms with Gasteiger partial charge in [0.2, 0.25) is 0 Å². The maximum atomic E-state index is 12.5. The van der Waals surface area contributed by atoms with Crippen molar-refractivity contribution in [1.82, 2.24) is 9.55 Å². The number of carbonyl (C=O) groups is 1. The molecule has 1 rings (SSSR count). The number of hydrogen-bond donors (Lipinski definition) is 1. The van der Waals surface area contributed by atoms with Gasteiger partial charge in [0, 0.05) is 18.3 Å². The van der Waals surface area contributed by atoms with Crippen LogP contribution in [-0.4, -0.2) is 22.1 Å². The van der Waals surface area contributed by atoms with Crippen LogP contribution in [0.5, 0.6) is 0 Å². The van der Waals surface area contributed by atoms with Crippen LogP contribution in [0.1, 0.15) is 72.3 Å². The monoisotopic (exact) mass is 396 g/mol. The first-order valence-corrected chi connectivity index (χ1v) is 10.5. The number of carbonyl (C=O) groups excluding carboxylic acids is 1. The van der Waals surface area contributed by atoms with Gasteiger partial charge in [-0.25, -0.2) is 0 Å². The van der Waals surface area contributed by atoms with Crippen LogP contribution < -0.4 is 5.56 Å². The number of H-pyrrole nitrogens is 1. The number of aromatic amines is 1. The molecule has 0 radical (unpaired) electrons. The first kappa shape index (κ1) is 23.6. The third-order valence-corrected chi connectivity index (χ3v) is 5.62. The molecule has 0 saturated carbocycles. The van der Waals surface area contributed by atoms with Gasteiger partial charge in [-0.15, -0.1) is 0 Å². The number of nitrogens with one attached hydrogen (secondary N) is 1. The topological polar surface area (TPSA) is 64.1 Å². The second-order valence-electron chi connectivity index (χ2n) is 8.49. The highest BCUT2D eigenvalue weighted by Gasteiger charge is 2.38. The summed E-state index contributed by atoms with van der Waals surface area (Å²) in [7, 11) is 0. The van der Waals surface area contributed by atoms with E-state index in [0.717, 1.165) is 38.6 Å². The van der Waals surface area contributed by atoms with E-state index in [-0.39, 0.29) is 17.4 Å². The summed E-state index contributed by atoms with van der Waals surface area (Å²) >= 11 is 5.18. The summed E-state index contributed by atoms with van der Waals surface area (Å²) in [5.41, 5.74) is 0.140. The van der Waals surface area contributed by atoms with Crippen LogP contribution in [-0.2, 0) is 16.1 Å². The Hall–Kier alpha value is -1.43. The minimum absolute atomic E-state index is 0.0683. The Labute approximate surface area is 168 Å². The van der Waals surface area contributed by atoms with E-state index in [2.05, 4.69) is 32.7 Å². The molecule has 0 aliphatic heterocycles. The van der Waals surface area contributed by atoms with Crippen LogP contribution in [0.25, 0.3) is 0 Å². The van der Waals surface area contributed by atoms with Crippen molar-refractivity contribution < 1.29 is 9.53 Å². The minimum atomic E-state index is -0.410. The van der Waals surface area contributed by atoms with E-state index in [1.165, 1.54) is 0 Å². The number of ether oxygens (including phenoxy) is 1. The standard InChI is InChI=1S/C21H36N2O3S/c1-15(2)13-21(6,16(3)4)19(25)26-12-10-8-7-9-11-23-14-17(5)18(24)22-20(23)27/h14-16H,7-13H2,1-6H3,(H,22,24,27). The van der Waals surface area contributed by atoms with Crippen molar-refractivity contribution in [3.05, 3.63) is 26.9 Å². The lowest BCUT2D eigenvalue weighted by Crippen LogP contribution is -2.36. The zero-order chi connectivity index (χ0) is 20.6. The molecule has 1 heterocycles. The first-order chi connectivity index (χ1) is 12.6. The molecule has 0 amide bonds. The van der Waals surface area contributed by atoms with Crippen molar-refractivity contribution in [1.29, 1.82) is 0 Å². The Morgan fingerprint density at radius 2 is 1.85 bits per heavy atom. The van der Waals surface area contributed by atoms with Gasteiger partial charge in [0.25, 0.3) is 5.56 Å². The Balaban J connectivity index is 2.32. The lowest BCUT2D eigenvalue weighted by Gasteiger charge is -2.32. The molecule has 5 nitrogen and oxygen atoms in total. The average molecular weight is 397 g/mol. The van der Waals surface area contributed by atoms with Crippen molar-refractivity contribution in [2.75, 3.05) is 6.61 Å². The maximum absolute atomic E-state index is 12.5. The third-order valence-electron chi connectivity index (χ3n) is 5.29. The van der Waals surface area contributed by atoms with E-state index in [1.54, 1.807) is 6.92 Å². The quantitative estimate of drug-likeness (QED) is 0.324. The van der Waals surface area contributed by atoms with E-state index in [9.17, 15) is 9.59 Å². The zero-order valence-corrected chi connectivity index (χ0v) is 18.6. The van der Waals surface area contributed by atoms with Crippen molar-refractivity contribution in [3.8, 4) is 0 Å². The predicted octanol–water partition coefficient (Wildman–Crippen LogP) is 5.03. The molecule has 1 aromatic rings. The Morgan fingerprint density at radius 3 is 2.44 bits per heavy atom. The van der Waals surface area contributed by atoms with Crippen molar-refractivity contribution in [2.45, 2.75) is 80.2 Å². The van der Waals surface area contributed by atoms with Gasteiger partial charge in [-0.3, -0.25) is 14.6 Å². The summed E-state index contributed by atoms with van der Waals surface area (Å²) in [4.78, 5) is 26.7. The predicted molar refractivity (Wildman–Crippen MR) is 112 cm³/mol. The molecule has 0 bridgehead atoms. The lowest BCUT2D eigenvalue weighted by molar-refractivity contribution is -0.159. The van der Waals surface area contributed by atoms with E-state index in [1.807, 2.05) is 17.7 Å². The molecule has 1 aromatic heterocycles. The van der Waals surface area contributed by atoms with Gasteiger partial charge in [-0.1, -0.05) is 34.1 Å². The summed E-state index contributed by atoms with van der Waals surface area (Å²) in [6, 6.07) is 0. The second kappa shape index (κ2) is 10.8. The van der Waals surface area contributed by atoms with Gasteiger partial charge in [0.05, 0.1) is 12.0 Å². The average Bonchev–Trinajstić information content (AvgIpc) is 2.57. The zero-order valence-electron chi connectivity index (χ0n) is 17.8. The molecular formula is C21H36N2O3S. The van der Waals surface area contributed by atoms with Crippen LogP contribution >= 0.6 is 12.2 Å². The summed E-state index contributed by atoms with van der Waals surface area (Å²) in [6.45, 7) is 13.5. The molecule has 1 atom stereocenters. The molecule has 0 spiro atoms. The van der Waals surface area contributed by atoms with Crippen LogP contribution in [0.15, 0.2) is 11.0 Å². The van der Waals surface area contributed by atoms with Gasteiger partial charge in [0.1, 0.15) is 0 Å². The molecule has 27 heavy (non-hydrogen) atoms. The Morgan fingerprint density at radius 1 is 1.22 bits per heavy atom. The smallest absolute Gasteiger partial charge is 0.312 e. The highest BCUT2D eigenvalue weighted by atomic mass is 32.1. The maximum Gasteiger partial charge on any atom is 0.312 e. The Bertz CT molecular complexity index is 721. The van der Waals surface area contributed by atoms with Gasteiger partial charge in [0.15, 0.2) is 4.77 Å². The summed E-state index contributed by atoms with van der Waals surface area (Å²) in [5.74, 6) is 0.660. The van der Waals surface area contributed by atoms with Crippen LogP contribution in [0.3, 0.4) is 0 Å². The third kappa shape index (κ3) is 7.24. The highest BCUT2D eigenvalue weighted by molar-refractivity contribution is 7.71. The van der Waals surface area contributed by atoms with E-state index in [0.29, 0.717) is 22.9 Å². The van der Waals surface area contributed by atoms with Crippen LogP contribution in [0.4, 0.5) is 0 Å². The first-order valence-electron chi connectivity index (χ1n) is 10.1. The normalized spacial score (nSPS) is 13.8. The number of unbranched alkanes of at least 4 members (excludes halogenated alkanes) is 3. The molecule has 154 valence electrons. The van der Waals surface area contributed by atoms with Gasteiger partial charge in [-0.2, -0.15) is 0 Å². The second-order valence-corrected chi connectivity index (χ2v) is 8.87. The molecule has 0 aliphatic rings. The SMILES string of the molecule is Cc1cn(CCCCCCOC(=O)C(C)(CC(C)C)C(C)C)c(=S)[nH]c1=O. The summed E-state index contributed by atoms with van der Waals surface area (Å²) in [6.07, 6.45) is 6.55. The number of hydrogen-bond acceptors (Lipinski definition) is 4. The fraction of sp³-hybridized carbons (Fsp3) is 0.762. The van der Waals surface area contributed by atoms with Crippen molar-refractivity contribution in [2.24, 2.45) is 17.3 Å². The van der Waals surface area contributed by atoms with E-state index < -0.39 is 5.41 Å². The molecule has 1 unspecified atom stereocenters. The summed E-state index contributed by atoms with van der Waals surface area (Å²) in [5, 5.41) is 0. The molecule has 0 aliphatic carbocycles.